The smallest absolute Gasteiger partial charge is 0.205 e. The van der Waals surface area contributed by atoms with Gasteiger partial charge in [0.05, 0.1) is 0 Å². The van der Waals surface area contributed by atoms with E-state index in [1.165, 1.54) is 11.5 Å². The van der Waals surface area contributed by atoms with Crippen LogP contribution in [-0.2, 0) is 0 Å². The zero-order chi connectivity index (χ0) is 10.6. The Morgan fingerprint density at radius 2 is 2.21 bits per heavy atom. The summed E-state index contributed by atoms with van der Waals surface area (Å²) in [6, 6.07) is 0. The Bertz CT molecular complexity index is 275. The fourth-order valence-electron chi connectivity index (χ4n) is 1.08. The molecule has 0 spiro atoms. The molecule has 1 heterocycles. The van der Waals surface area contributed by atoms with E-state index in [2.05, 4.69) is 35.0 Å². The van der Waals surface area contributed by atoms with Gasteiger partial charge in [0.2, 0.25) is 5.13 Å². The molecular formula is C9H16ClN3S. The molecule has 0 aliphatic rings. The third kappa shape index (κ3) is 2.82. The molecule has 0 aliphatic carbocycles. The van der Waals surface area contributed by atoms with Crippen LogP contribution in [0.5, 0.6) is 0 Å². The molecule has 0 bridgehead atoms. The number of halogens is 1. The van der Waals surface area contributed by atoms with Crippen LogP contribution in [0.2, 0.25) is 0 Å². The molecule has 0 fully saturated rings. The number of aromatic nitrogens is 2. The van der Waals surface area contributed by atoms with E-state index in [4.69, 9.17) is 11.6 Å². The van der Waals surface area contributed by atoms with Crippen molar-refractivity contribution < 1.29 is 0 Å². The van der Waals surface area contributed by atoms with Gasteiger partial charge < -0.3 is 4.90 Å². The maximum absolute atomic E-state index is 5.71. The number of nitrogens with zero attached hydrogens (tertiary/aromatic N) is 3. The van der Waals surface area contributed by atoms with E-state index in [-0.39, 0.29) is 0 Å². The molecule has 14 heavy (non-hydrogen) atoms. The lowest BCUT2D eigenvalue weighted by molar-refractivity contribution is 0.787. The zero-order valence-corrected chi connectivity index (χ0v) is 10.4. The highest BCUT2D eigenvalue weighted by atomic mass is 35.5. The first kappa shape index (κ1) is 11.7. The van der Waals surface area contributed by atoms with Crippen LogP contribution in [0.15, 0.2) is 0 Å². The van der Waals surface area contributed by atoms with Gasteiger partial charge in [-0.3, -0.25) is 0 Å². The lowest BCUT2D eigenvalue weighted by atomic mass is 10.2. The van der Waals surface area contributed by atoms with E-state index in [0.29, 0.717) is 11.8 Å². The molecular weight excluding hydrogens is 218 g/mol. The average molecular weight is 234 g/mol. The summed E-state index contributed by atoms with van der Waals surface area (Å²) in [5.74, 6) is 1.96. The van der Waals surface area contributed by atoms with Crippen molar-refractivity contribution in [3.63, 3.8) is 0 Å². The molecule has 0 N–H and O–H groups in total. The molecule has 0 amide bonds. The van der Waals surface area contributed by atoms with Gasteiger partial charge in [-0.25, -0.2) is 4.98 Å². The third-order valence-electron chi connectivity index (χ3n) is 1.95. The number of alkyl halides is 1. The predicted molar refractivity (Wildman–Crippen MR) is 62.6 cm³/mol. The van der Waals surface area contributed by atoms with Crippen LogP contribution in [0.25, 0.3) is 0 Å². The Hall–Kier alpha value is -0.350. The maximum Gasteiger partial charge on any atom is 0.205 e. The first-order valence-corrected chi connectivity index (χ1v) is 6.14. The second kappa shape index (κ2) is 5.51. The average Bonchev–Trinajstić information content (AvgIpc) is 2.63. The van der Waals surface area contributed by atoms with Crippen molar-refractivity contribution in [2.24, 2.45) is 0 Å². The van der Waals surface area contributed by atoms with Crippen LogP contribution >= 0.6 is 23.1 Å². The first-order valence-electron chi connectivity index (χ1n) is 4.83. The van der Waals surface area contributed by atoms with Gasteiger partial charge in [0, 0.05) is 36.4 Å². The summed E-state index contributed by atoms with van der Waals surface area (Å²) < 4.78 is 4.31. The van der Waals surface area contributed by atoms with Gasteiger partial charge >= 0.3 is 0 Å². The van der Waals surface area contributed by atoms with E-state index in [1.807, 2.05) is 0 Å². The zero-order valence-electron chi connectivity index (χ0n) is 8.83. The van der Waals surface area contributed by atoms with Crippen LogP contribution < -0.4 is 4.90 Å². The van der Waals surface area contributed by atoms with Crippen molar-refractivity contribution in [3.8, 4) is 0 Å². The maximum atomic E-state index is 5.71. The minimum atomic E-state index is 0.398. The summed E-state index contributed by atoms with van der Waals surface area (Å²) in [7, 11) is 0. The van der Waals surface area contributed by atoms with Gasteiger partial charge in [-0.1, -0.05) is 13.8 Å². The minimum absolute atomic E-state index is 0.398. The van der Waals surface area contributed by atoms with Gasteiger partial charge in [-0.15, -0.1) is 11.6 Å². The molecule has 5 heteroatoms. The Morgan fingerprint density at radius 3 is 2.64 bits per heavy atom. The molecule has 0 saturated heterocycles. The van der Waals surface area contributed by atoms with Gasteiger partial charge in [-0.2, -0.15) is 4.37 Å². The molecule has 0 atom stereocenters. The number of hydrogen-bond donors (Lipinski definition) is 0. The Morgan fingerprint density at radius 1 is 1.50 bits per heavy atom. The summed E-state index contributed by atoms with van der Waals surface area (Å²) in [5, 5.41) is 0.983. The van der Waals surface area contributed by atoms with Crippen LogP contribution in [0.4, 0.5) is 5.13 Å². The molecule has 1 aromatic heterocycles. The van der Waals surface area contributed by atoms with E-state index in [9.17, 15) is 0 Å². The monoisotopic (exact) mass is 233 g/mol. The van der Waals surface area contributed by atoms with Crippen molar-refractivity contribution in [1.82, 2.24) is 9.36 Å². The van der Waals surface area contributed by atoms with Gasteiger partial charge in [-0.05, 0) is 6.92 Å². The van der Waals surface area contributed by atoms with E-state index in [0.717, 1.165) is 24.0 Å². The lowest BCUT2D eigenvalue weighted by Gasteiger charge is -2.16. The third-order valence-corrected chi connectivity index (χ3v) is 2.91. The second-order valence-electron chi connectivity index (χ2n) is 3.36. The largest absolute Gasteiger partial charge is 0.346 e. The van der Waals surface area contributed by atoms with Crippen molar-refractivity contribution in [2.45, 2.75) is 26.7 Å². The molecule has 80 valence electrons. The topological polar surface area (TPSA) is 29.0 Å². The molecule has 0 saturated carbocycles. The summed E-state index contributed by atoms with van der Waals surface area (Å²) in [4.78, 5) is 6.62. The summed E-state index contributed by atoms with van der Waals surface area (Å²) in [6.45, 7) is 8.07. The lowest BCUT2D eigenvalue weighted by Crippen LogP contribution is -2.24. The highest BCUT2D eigenvalue weighted by Crippen LogP contribution is 2.20. The standard InChI is InChI=1S/C9H16ClN3S/c1-4-13(6-5-10)9-11-8(7(2)3)12-14-9/h7H,4-6H2,1-3H3. The number of hydrogen-bond acceptors (Lipinski definition) is 4. The minimum Gasteiger partial charge on any atom is -0.346 e. The number of anilines is 1. The summed E-state index contributed by atoms with van der Waals surface area (Å²) in [6.07, 6.45) is 0. The Balaban J connectivity index is 2.73. The van der Waals surface area contributed by atoms with Crippen molar-refractivity contribution in [3.05, 3.63) is 5.82 Å². The van der Waals surface area contributed by atoms with Crippen molar-refractivity contribution >= 4 is 28.3 Å². The molecule has 0 aromatic carbocycles. The van der Waals surface area contributed by atoms with E-state index in [1.54, 1.807) is 0 Å². The molecule has 0 aliphatic heterocycles. The summed E-state index contributed by atoms with van der Waals surface area (Å²) in [5.41, 5.74) is 0. The van der Waals surface area contributed by atoms with Crippen molar-refractivity contribution in [1.29, 1.82) is 0 Å². The number of rotatable bonds is 5. The Kier molecular flexibility index (Phi) is 4.62. The molecule has 1 aromatic rings. The SMILES string of the molecule is CCN(CCCl)c1nc(C(C)C)ns1. The van der Waals surface area contributed by atoms with Crippen LogP contribution in [-0.4, -0.2) is 28.3 Å². The van der Waals surface area contributed by atoms with E-state index < -0.39 is 0 Å². The first-order chi connectivity index (χ1) is 6.69. The highest BCUT2D eigenvalue weighted by Gasteiger charge is 2.11. The normalized spacial score (nSPS) is 10.9. The molecule has 0 radical (unpaired) electrons. The summed E-state index contributed by atoms with van der Waals surface area (Å²) >= 11 is 7.17. The second-order valence-corrected chi connectivity index (χ2v) is 4.47. The molecule has 0 unspecified atom stereocenters. The fourth-order valence-corrected chi connectivity index (χ4v) is 2.18. The van der Waals surface area contributed by atoms with Crippen LogP contribution in [0, 0.1) is 0 Å². The van der Waals surface area contributed by atoms with Gasteiger partial charge in [0.1, 0.15) is 5.82 Å². The van der Waals surface area contributed by atoms with Crippen LogP contribution in [0.3, 0.4) is 0 Å². The quantitative estimate of drug-likeness (QED) is 0.733. The highest BCUT2D eigenvalue weighted by molar-refractivity contribution is 7.09. The van der Waals surface area contributed by atoms with Gasteiger partial charge in [0.15, 0.2) is 0 Å². The fraction of sp³-hybridized carbons (Fsp3) is 0.778. The predicted octanol–water partition coefficient (Wildman–Crippen LogP) is 2.73. The van der Waals surface area contributed by atoms with Crippen molar-refractivity contribution in [2.75, 3.05) is 23.9 Å². The van der Waals surface area contributed by atoms with Gasteiger partial charge in [0.25, 0.3) is 0 Å². The molecule has 3 nitrogen and oxygen atoms in total. The van der Waals surface area contributed by atoms with Crippen LogP contribution in [0.1, 0.15) is 32.5 Å². The molecule has 1 rings (SSSR count). The van der Waals surface area contributed by atoms with E-state index >= 15 is 0 Å². The Labute approximate surface area is 94.3 Å².